The first-order valence-corrected chi connectivity index (χ1v) is 11.7. The molecule has 0 radical (unpaired) electrons. The molecule has 30 heavy (non-hydrogen) atoms. The highest BCUT2D eigenvalue weighted by molar-refractivity contribution is 7.89. The molecule has 1 amide bonds. The van der Waals surface area contributed by atoms with Gasteiger partial charge in [-0.15, -0.1) is 0 Å². The number of hydrogen-bond donors (Lipinski definition) is 1. The van der Waals surface area contributed by atoms with Gasteiger partial charge in [-0.25, -0.2) is 8.42 Å². The van der Waals surface area contributed by atoms with Crippen LogP contribution in [0.1, 0.15) is 36.9 Å². The van der Waals surface area contributed by atoms with Crippen LogP contribution in [0.5, 0.6) is 0 Å². The zero-order valence-electron chi connectivity index (χ0n) is 17.3. The summed E-state index contributed by atoms with van der Waals surface area (Å²) in [6.45, 7) is 5.52. The van der Waals surface area contributed by atoms with Crippen LogP contribution in [0.15, 0.2) is 59.6 Å². The van der Waals surface area contributed by atoms with Gasteiger partial charge in [0, 0.05) is 36.7 Å². The number of aromatic nitrogens is 1. The molecule has 4 rings (SSSR count). The predicted molar refractivity (Wildman–Crippen MR) is 118 cm³/mol. The first kappa shape index (κ1) is 20.6. The molecule has 1 fully saturated rings. The summed E-state index contributed by atoms with van der Waals surface area (Å²) in [6.07, 6.45) is 3.66. The summed E-state index contributed by atoms with van der Waals surface area (Å²) in [5.41, 5.74) is 3.08. The van der Waals surface area contributed by atoms with Gasteiger partial charge in [0.2, 0.25) is 15.9 Å². The fourth-order valence-corrected chi connectivity index (χ4v) is 5.44. The summed E-state index contributed by atoms with van der Waals surface area (Å²) < 4.78 is 29.1. The number of carbonyl (C=O) groups is 1. The average Bonchev–Trinajstić information content (AvgIpc) is 3.42. The minimum Gasteiger partial charge on any atom is -0.350 e. The molecule has 1 aliphatic rings. The summed E-state index contributed by atoms with van der Waals surface area (Å²) in [5.74, 6) is -0.0816. The Morgan fingerprint density at radius 1 is 1.07 bits per heavy atom. The molecule has 0 aliphatic carbocycles. The van der Waals surface area contributed by atoms with E-state index in [9.17, 15) is 13.2 Å². The van der Waals surface area contributed by atoms with Crippen molar-refractivity contribution in [3.05, 3.63) is 65.9 Å². The molecule has 2 heterocycles. The molecule has 1 saturated heterocycles. The highest BCUT2D eigenvalue weighted by atomic mass is 32.2. The highest BCUT2D eigenvalue weighted by Crippen LogP contribution is 2.27. The Bertz CT molecular complexity index is 1160. The van der Waals surface area contributed by atoms with E-state index in [4.69, 9.17) is 0 Å². The Kier molecular flexibility index (Phi) is 5.66. The van der Waals surface area contributed by atoms with Crippen molar-refractivity contribution in [1.29, 1.82) is 0 Å². The lowest BCUT2D eigenvalue weighted by Crippen LogP contribution is -2.30. The van der Waals surface area contributed by atoms with Gasteiger partial charge < -0.3 is 9.88 Å². The topological polar surface area (TPSA) is 71.4 Å². The van der Waals surface area contributed by atoms with Gasteiger partial charge in [0.25, 0.3) is 0 Å². The largest absolute Gasteiger partial charge is 0.350 e. The summed E-state index contributed by atoms with van der Waals surface area (Å²) in [4.78, 5) is 13.0. The van der Waals surface area contributed by atoms with E-state index in [0.717, 1.165) is 29.3 Å². The van der Waals surface area contributed by atoms with Gasteiger partial charge in [0.1, 0.15) is 6.04 Å². The minimum absolute atomic E-state index is 0.0816. The third-order valence-electron chi connectivity index (χ3n) is 5.78. The summed E-state index contributed by atoms with van der Waals surface area (Å²) in [6, 6.07) is 14.7. The van der Waals surface area contributed by atoms with Gasteiger partial charge in [-0.1, -0.05) is 29.8 Å². The van der Waals surface area contributed by atoms with Crippen LogP contribution in [0.2, 0.25) is 0 Å². The van der Waals surface area contributed by atoms with Crippen LogP contribution in [-0.2, 0) is 21.4 Å². The van der Waals surface area contributed by atoms with Gasteiger partial charge in [0.15, 0.2) is 0 Å². The number of benzene rings is 2. The maximum atomic E-state index is 12.8. The van der Waals surface area contributed by atoms with Crippen molar-refractivity contribution < 1.29 is 13.2 Å². The van der Waals surface area contributed by atoms with E-state index in [0.29, 0.717) is 24.5 Å². The molecular formula is C23H27N3O3S. The van der Waals surface area contributed by atoms with Crippen molar-refractivity contribution in [3.8, 4) is 0 Å². The molecule has 0 bridgehead atoms. The molecule has 1 aliphatic heterocycles. The standard InChI is InChI=1S/C23H27N3O3S/c1-17-5-7-19(8-6-17)16-24-23(27)18(2)26-14-11-20-15-21(9-10-22(20)26)30(28,29)25-12-3-4-13-25/h5-11,14-15,18H,3-4,12-13,16H2,1-2H3,(H,24,27)/t18-/m0/s1. The predicted octanol–water partition coefficient (Wildman–Crippen LogP) is 3.61. The quantitative estimate of drug-likeness (QED) is 0.656. The molecular weight excluding hydrogens is 398 g/mol. The van der Waals surface area contributed by atoms with Crippen LogP contribution in [0, 0.1) is 6.92 Å². The van der Waals surface area contributed by atoms with Crippen molar-refractivity contribution >= 4 is 26.8 Å². The van der Waals surface area contributed by atoms with Crippen LogP contribution in [0.3, 0.4) is 0 Å². The van der Waals surface area contributed by atoms with Crippen molar-refractivity contribution in [2.75, 3.05) is 13.1 Å². The molecule has 1 aromatic heterocycles. The molecule has 2 aromatic carbocycles. The number of fused-ring (bicyclic) bond motifs is 1. The van der Waals surface area contributed by atoms with Crippen LogP contribution >= 0.6 is 0 Å². The van der Waals surface area contributed by atoms with E-state index in [1.165, 1.54) is 5.56 Å². The fourth-order valence-electron chi connectivity index (χ4n) is 3.89. The van der Waals surface area contributed by atoms with Crippen LogP contribution in [0.25, 0.3) is 10.9 Å². The second-order valence-electron chi connectivity index (χ2n) is 7.93. The zero-order chi connectivity index (χ0) is 21.3. The Hall–Kier alpha value is -2.64. The van der Waals surface area contributed by atoms with E-state index >= 15 is 0 Å². The lowest BCUT2D eigenvalue weighted by molar-refractivity contribution is -0.123. The summed E-state index contributed by atoms with van der Waals surface area (Å²) in [7, 11) is -3.46. The molecule has 3 aromatic rings. The molecule has 0 saturated carbocycles. The van der Waals surface area contributed by atoms with Gasteiger partial charge in [-0.05, 0) is 56.5 Å². The van der Waals surface area contributed by atoms with E-state index in [1.807, 2.05) is 54.9 Å². The molecule has 7 heteroatoms. The molecule has 0 spiro atoms. The van der Waals surface area contributed by atoms with Crippen LogP contribution in [0.4, 0.5) is 0 Å². The number of carbonyl (C=O) groups excluding carboxylic acids is 1. The van der Waals surface area contributed by atoms with E-state index in [2.05, 4.69) is 5.32 Å². The first-order chi connectivity index (χ1) is 14.4. The number of sulfonamides is 1. The van der Waals surface area contributed by atoms with E-state index in [-0.39, 0.29) is 5.91 Å². The monoisotopic (exact) mass is 425 g/mol. The third-order valence-corrected chi connectivity index (χ3v) is 7.67. The number of hydrogen-bond acceptors (Lipinski definition) is 3. The number of nitrogens with zero attached hydrogens (tertiary/aromatic N) is 2. The Morgan fingerprint density at radius 3 is 2.47 bits per heavy atom. The van der Waals surface area contributed by atoms with Gasteiger partial charge in [0.05, 0.1) is 4.90 Å². The van der Waals surface area contributed by atoms with Crippen molar-refractivity contribution in [3.63, 3.8) is 0 Å². The SMILES string of the molecule is Cc1ccc(CNC(=O)[C@H](C)n2ccc3cc(S(=O)(=O)N4CCCC4)ccc32)cc1. The van der Waals surface area contributed by atoms with Gasteiger partial charge in [-0.3, -0.25) is 4.79 Å². The van der Waals surface area contributed by atoms with Gasteiger partial charge >= 0.3 is 0 Å². The zero-order valence-corrected chi connectivity index (χ0v) is 18.2. The van der Waals surface area contributed by atoms with E-state index in [1.54, 1.807) is 22.5 Å². The lowest BCUT2D eigenvalue weighted by Gasteiger charge is -2.17. The molecule has 1 atom stereocenters. The smallest absolute Gasteiger partial charge is 0.243 e. The summed E-state index contributed by atoms with van der Waals surface area (Å²) in [5, 5.41) is 3.79. The Labute approximate surface area is 177 Å². The Balaban J connectivity index is 1.51. The normalized spacial score (nSPS) is 16.1. The minimum atomic E-state index is -3.46. The summed E-state index contributed by atoms with van der Waals surface area (Å²) >= 11 is 0. The van der Waals surface area contributed by atoms with Crippen molar-refractivity contribution in [1.82, 2.24) is 14.2 Å². The molecule has 0 unspecified atom stereocenters. The maximum absolute atomic E-state index is 12.8. The lowest BCUT2D eigenvalue weighted by atomic mass is 10.1. The number of nitrogens with one attached hydrogen (secondary N) is 1. The number of rotatable bonds is 6. The molecule has 1 N–H and O–H groups in total. The second-order valence-corrected chi connectivity index (χ2v) is 9.87. The number of amides is 1. The Morgan fingerprint density at radius 2 is 1.77 bits per heavy atom. The first-order valence-electron chi connectivity index (χ1n) is 10.3. The fraction of sp³-hybridized carbons (Fsp3) is 0.348. The average molecular weight is 426 g/mol. The maximum Gasteiger partial charge on any atom is 0.243 e. The number of aryl methyl sites for hydroxylation is 1. The van der Waals surface area contributed by atoms with E-state index < -0.39 is 16.1 Å². The second kappa shape index (κ2) is 8.24. The van der Waals surface area contributed by atoms with Crippen molar-refractivity contribution in [2.24, 2.45) is 0 Å². The third kappa shape index (κ3) is 4.00. The van der Waals surface area contributed by atoms with Crippen molar-refractivity contribution in [2.45, 2.75) is 44.2 Å². The van der Waals surface area contributed by atoms with Crippen LogP contribution in [-0.4, -0.2) is 36.3 Å². The van der Waals surface area contributed by atoms with Gasteiger partial charge in [-0.2, -0.15) is 4.31 Å². The van der Waals surface area contributed by atoms with Crippen LogP contribution < -0.4 is 5.32 Å². The molecule has 158 valence electrons. The molecule has 6 nitrogen and oxygen atoms in total. The highest BCUT2D eigenvalue weighted by Gasteiger charge is 2.27.